The number of fused-ring (bicyclic) bond motifs is 1. The van der Waals surface area contributed by atoms with Gasteiger partial charge in [0.25, 0.3) is 0 Å². The summed E-state index contributed by atoms with van der Waals surface area (Å²) in [5.41, 5.74) is 10.2. The van der Waals surface area contributed by atoms with Gasteiger partial charge in [-0.15, -0.1) is 6.54 Å². The number of imidazole rings is 1. The van der Waals surface area contributed by atoms with Crippen molar-refractivity contribution in [3.8, 4) is 5.88 Å². The molecule has 31 nitrogen and oxygen atoms in total. The van der Waals surface area contributed by atoms with Crippen LogP contribution in [0.4, 0.5) is 10.7 Å². The summed E-state index contributed by atoms with van der Waals surface area (Å²) in [6.45, 7) is 18.0. The molecule has 1 aromatic carbocycles. The second-order valence-corrected chi connectivity index (χ2v) is 18.5. The predicted molar refractivity (Wildman–Crippen MR) is 319 cm³/mol. The standard InChI is InChI=1S/C37H74N7O15.C19H24N5O4.U/c1-2-39-33(47)3-6-37(7-4-34(48)40-9-15-51-21-27-58-31-25-55-19-13-45,8-5-35(49)41-10-16-52-22-28-59-32-26-56-20-14-46)44-36(50)42-11-17-53-23-29-57-30-24-54-18-12-43-38;1-2-25-7-8-26-9-10-27-11-14-3-5-15(6-4-14)12-28-18-16-17(22-13-21-16)23-19(20)24-18;/h43,45-46H,1-32,38H2,(H,39,47)(H,40,48)(H,41,49)(H2,42,44,50);3-6,13H,1-2,7-12H2,(H3,20,21,22,23,24);/q2*-1;+2. The Morgan fingerprint density at radius 3 is 1.35 bits per heavy atom. The number of urea groups is 1. The molecular formula is C56H98N12O19U. The molecule has 2 aromatic heterocycles. The Bertz CT molecular complexity index is 2120. The third-order valence-corrected chi connectivity index (χ3v) is 11.8. The molecule has 32 heteroatoms. The Morgan fingerprint density at radius 2 is 0.909 bits per heavy atom. The summed E-state index contributed by atoms with van der Waals surface area (Å²) >= 11 is 0. The summed E-state index contributed by atoms with van der Waals surface area (Å²) in [7, 11) is 0. The molecule has 0 spiro atoms. The molecule has 0 aliphatic heterocycles. The molecule has 88 heavy (non-hydrogen) atoms. The zero-order valence-electron chi connectivity index (χ0n) is 51.0. The molecule has 0 radical (unpaired) electrons. The number of aliphatic hydroxyl groups excluding tert-OH is 2. The van der Waals surface area contributed by atoms with Gasteiger partial charge >= 0.3 is 37.1 Å². The number of nitrogen functional groups attached to an aromatic ring is 1. The van der Waals surface area contributed by atoms with Gasteiger partial charge in [-0.2, -0.15) is 9.97 Å². The molecule has 3 rings (SSSR count). The number of ether oxygens (including phenoxy) is 13. The third-order valence-electron chi connectivity index (χ3n) is 11.8. The quantitative estimate of drug-likeness (QED) is 0.0140. The summed E-state index contributed by atoms with van der Waals surface area (Å²) in [6.07, 6.45) is 1.97. The van der Waals surface area contributed by atoms with Crippen LogP contribution in [0.5, 0.6) is 5.88 Å². The summed E-state index contributed by atoms with van der Waals surface area (Å²) in [5, 5.41) is 31.4. The van der Waals surface area contributed by atoms with E-state index in [4.69, 9.17) is 83.4 Å². The summed E-state index contributed by atoms with van der Waals surface area (Å²) in [4.78, 5) is 66.9. The van der Waals surface area contributed by atoms with Crippen molar-refractivity contribution >= 4 is 40.9 Å². The number of hydrazine groups is 1. The van der Waals surface area contributed by atoms with Crippen LogP contribution in [0.3, 0.4) is 0 Å². The van der Waals surface area contributed by atoms with Crippen LogP contribution in [0.25, 0.3) is 11.2 Å². The van der Waals surface area contributed by atoms with E-state index in [1.807, 2.05) is 24.3 Å². The number of anilines is 1. The van der Waals surface area contributed by atoms with Gasteiger partial charge in [0.1, 0.15) is 12.1 Å². The number of aromatic amines is 1. The van der Waals surface area contributed by atoms with Crippen LogP contribution in [-0.4, -0.2) is 257 Å². The monoisotopic (exact) mass is 1480 g/mol. The van der Waals surface area contributed by atoms with E-state index >= 15 is 0 Å². The van der Waals surface area contributed by atoms with Gasteiger partial charge < -0.3 is 123 Å². The zero-order chi connectivity index (χ0) is 62.9. The fourth-order valence-corrected chi connectivity index (χ4v) is 7.40. The second-order valence-electron chi connectivity index (χ2n) is 18.5. The van der Waals surface area contributed by atoms with E-state index in [1.54, 1.807) is 0 Å². The molecule has 0 unspecified atom stereocenters. The van der Waals surface area contributed by atoms with Gasteiger partial charge in [0.05, 0.1) is 171 Å². The van der Waals surface area contributed by atoms with Gasteiger partial charge in [0.2, 0.25) is 29.5 Å². The minimum atomic E-state index is -1.11. The number of aromatic nitrogens is 4. The van der Waals surface area contributed by atoms with Crippen molar-refractivity contribution in [2.75, 3.05) is 204 Å². The Morgan fingerprint density at radius 1 is 0.511 bits per heavy atom. The van der Waals surface area contributed by atoms with E-state index in [9.17, 15) is 19.2 Å². The van der Waals surface area contributed by atoms with Gasteiger partial charge in [0.15, 0.2) is 5.65 Å². The number of amides is 5. The first kappa shape index (κ1) is 81.5. The molecule has 500 valence electrons. The number of carbonyl (C=O) groups excluding carboxylic acids is 4. The Balaban J connectivity index is 0.00000110. The van der Waals surface area contributed by atoms with Gasteiger partial charge in [-0.25, -0.2) is 9.78 Å². The molecule has 13 N–H and O–H groups in total. The van der Waals surface area contributed by atoms with Crippen LogP contribution in [0, 0.1) is 45.0 Å². The summed E-state index contributed by atoms with van der Waals surface area (Å²) < 4.78 is 70.1. The average molecular weight is 1480 g/mol. The van der Waals surface area contributed by atoms with Crippen LogP contribution in [0.15, 0.2) is 30.6 Å². The van der Waals surface area contributed by atoms with E-state index in [0.717, 1.165) is 11.1 Å². The molecule has 0 saturated carbocycles. The van der Waals surface area contributed by atoms with Crippen molar-refractivity contribution in [2.45, 2.75) is 57.3 Å². The fraction of sp³-hybridized carbons (Fsp3) is 0.696. The molecule has 2 heterocycles. The Kier molecular flexibility index (Phi) is 53.3. The maximum Gasteiger partial charge on any atom is 2.00 e. The van der Waals surface area contributed by atoms with E-state index < -0.39 is 11.6 Å². The number of nitrogens with one attached hydrogen (secondary N) is 7. The largest absolute Gasteiger partial charge is 2.00 e. The number of benzene rings is 1. The molecule has 5 amide bonds. The molecule has 0 aliphatic carbocycles. The van der Waals surface area contributed by atoms with Crippen molar-refractivity contribution in [1.82, 2.24) is 51.9 Å². The number of hydrogen-bond donors (Lipinski definition) is 11. The first-order chi connectivity index (χ1) is 42.6. The minimum absolute atomic E-state index is 0. The van der Waals surface area contributed by atoms with Crippen LogP contribution in [0.2, 0.25) is 0 Å². The molecule has 3 aromatic rings. The molecular weight excluding hydrogens is 1380 g/mol. The van der Waals surface area contributed by atoms with Crippen LogP contribution >= 0.6 is 0 Å². The second kappa shape index (κ2) is 57.6. The smallest absolute Gasteiger partial charge is 0.471 e. The van der Waals surface area contributed by atoms with E-state index in [-0.39, 0.29) is 166 Å². The van der Waals surface area contributed by atoms with E-state index in [1.165, 1.54) is 6.33 Å². The summed E-state index contributed by atoms with van der Waals surface area (Å²) in [6, 6.07) is 7.43. The number of H-pyrrole nitrogens is 1. The minimum Gasteiger partial charge on any atom is -0.471 e. The van der Waals surface area contributed by atoms with Crippen molar-refractivity contribution < 1.29 is 122 Å². The van der Waals surface area contributed by atoms with Crippen LogP contribution < -0.4 is 48.3 Å². The average Bonchev–Trinajstić information content (AvgIpc) is 4.22. The Labute approximate surface area is 540 Å². The number of rotatable bonds is 57. The first-order valence-corrected chi connectivity index (χ1v) is 29.3. The SMILES string of the molecule is [CH2-]CNC(=O)CCC(CCC(=O)NCCOCCOCCOCCO)(CCC(=O)NCCOCCOCCOCCO)NC(=O)NCCOCCOCCOCCNN.[CH2-]COCCOCCOCc1ccc(COc2nc(N)nc3nc[nH]c23)cc1.[U+2]. The van der Waals surface area contributed by atoms with Crippen LogP contribution in [0.1, 0.15) is 49.7 Å². The van der Waals surface area contributed by atoms with Crippen molar-refractivity contribution in [3.05, 3.63) is 55.6 Å². The third kappa shape index (κ3) is 44.8. The maximum atomic E-state index is 13.2. The summed E-state index contributed by atoms with van der Waals surface area (Å²) in [5.74, 6) is 4.82. The molecule has 0 saturated heterocycles. The number of nitrogens with zero attached hydrogens (tertiary/aromatic N) is 3. The zero-order valence-corrected chi connectivity index (χ0v) is 55.2. The predicted octanol–water partition coefficient (Wildman–Crippen LogP) is -0.957. The Hall–Kier alpha value is -4.54. The normalized spacial score (nSPS) is 11.2. The number of aliphatic hydroxyl groups is 2. The van der Waals surface area contributed by atoms with Crippen molar-refractivity contribution in [3.63, 3.8) is 0 Å². The van der Waals surface area contributed by atoms with Gasteiger partial charge in [0, 0.05) is 51.0 Å². The van der Waals surface area contributed by atoms with Gasteiger partial charge in [-0.3, -0.25) is 25.7 Å². The molecule has 0 bridgehead atoms. The van der Waals surface area contributed by atoms with E-state index in [0.29, 0.717) is 156 Å². The topological polar surface area (TPSA) is 407 Å². The maximum absolute atomic E-state index is 13.2. The van der Waals surface area contributed by atoms with Crippen molar-refractivity contribution in [1.29, 1.82) is 0 Å². The number of carbonyl (C=O) groups is 4. The van der Waals surface area contributed by atoms with Gasteiger partial charge in [-0.05, 0) is 30.4 Å². The van der Waals surface area contributed by atoms with Crippen LogP contribution in [-0.2, 0) is 84.4 Å². The number of hydrogen-bond acceptors (Lipinski definition) is 25. The number of nitrogens with two attached hydrogens (primary N) is 2. The first-order valence-electron chi connectivity index (χ1n) is 29.3. The van der Waals surface area contributed by atoms with E-state index in [2.05, 4.69) is 65.8 Å². The molecule has 0 atom stereocenters. The van der Waals surface area contributed by atoms with Gasteiger partial charge in [-0.1, -0.05) is 30.9 Å². The molecule has 0 fully saturated rings. The molecule has 0 aliphatic rings. The van der Waals surface area contributed by atoms with Crippen molar-refractivity contribution in [2.24, 2.45) is 5.84 Å². The fourth-order valence-electron chi connectivity index (χ4n) is 7.40.